The van der Waals surface area contributed by atoms with Crippen LogP contribution >= 0.6 is 0 Å². The van der Waals surface area contributed by atoms with Gasteiger partial charge in [0.2, 0.25) is 11.7 Å². The highest BCUT2D eigenvalue weighted by Gasteiger charge is 2.46. The molecule has 196 valence electrons. The molecule has 4 aromatic rings. The molecule has 1 aliphatic rings. The van der Waals surface area contributed by atoms with Crippen molar-refractivity contribution in [2.75, 3.05) is 6.54 Å². The van der Waals surface area contributed by atoms with Gasteiger partial charge in [-0.3, -0.25) is 4.79 Å². The molecule has 0 saturated carbocycles. The number of carbonyl (C=O) groups excluding carboxylic acids is 1. The number of rotatable bonds is 3. The van der Waals surface area contributed by atoms with Crippen molar-refractivity contribution in [1.82, 2.24) is 19.9 Å². The van der Waals surface area contributed by atoms with E-state index in [0.29, 0.717) is 5.69 Å². The summed E-state index contributed by atoms with van der Waals surface area (Å²) in [6.45, 7) is 2.14. The molecule has 1 amide bonds. The third kappa shape index (κ3) is 4.24. The number of imidazole rings is 1. The number of furan rings is 1. The minimum absolute atomic E-state index is 0.0832. The Balaban J connectivity index is 1.66. The summed E-state index contributed by atoms with van der Waals surface area (Å²) >= 11 is 0. The monoisotopic (exact) mass is 528 g/mol. The maximum Gasteiger partial charge on any atom is 0.437 e. The van der Waals surface area contributed by atoms with Gasteiger partial charge in [-0.25, -0.2) is 9.97 Å². The lowest BCUT2D eigenvalue weighted by Gasteiger charge is -2.33. The molecule has 5 rings (SSSR count). The Morgan fingerprint density at radius 1 is 1.14 bits per heavy atom. The number of carbonyl (C=O) groups is 1. The van der Waals surface area contributed by atoms with E-state index >= 15 is 0 Å². The van der Waals surface area contributed by atoms with E-state index in [1.807, 2.05) is 0 Å². The van der Waals surface area contributed by atoms with Crippen LogP contribution < -0.4 is 0 Å². The maximum absolute atomic E-state index is 13.8. The predicted molar refractivity (Wildman–Crippen MR) is 113 cm³/mol. The number of H-pyrrole nitrogens is 1. The number of aromatic nitrogens is 3. The SMILES string of the molecule is CC(C)(O)c1nc(C(F)(F)F)c(C(=O)N2CCc3[nH]cnc3[C@@H]2c2cc3cccc(C(F)(F)F)c3o2)o1. The Kier molecular flexibility index (Phi) is 5.44. The average Bonchev–Trinajstić information content (AvgIpc) is 3.53. The molecule has 2 N–H and O–H groups in total. The smallest absolute Gasteiger partial charge is 0.437 e. The molecule has 0 aliphatic carbocycles. The topological polar surface area (TPSA) is 108 Å². The van der Waals surface area contributed by atoms with Gasteiger partial charge in [0.15, 0.2) is 5.69 Å². The number of fused-ring (bicyclic) bond motifs is 2. The second kappa shape index (κ2) is 8.10. The Morgan fingerprint density at radius 2 is 1.86 bits per heavy atom. The number of hydrogen-bond donors (Lipinski definition) is 2. The highest BCUT2D eigenvalue weighted by Crippen LogP contribution is 2.42. The van der Waals surface area contributed by atoms with Crippen molar-refractivity contribution >= 4 is 16.9 Å². The first-order valence-corrected chi connectivity index (χ1v) is 10.9. The van der Waals surface area contributed by atoms with E-state index in [1.165, 1.54) is 24.5 Å². The maximum atomic E-state index is 13.8. The van der Waals surface area contributed by atoms with Gasteiger partial charge < -0.3 is 23.8 Å². The van der Waals surface area contributed by atoms with Gasteiger partial charge in [-0.2, -0.15) is 26.3 Å². The number of benzene rings is 1. The Morgan fingerprint density at radius 3 is 2.51 bits per heavy atom. The summed E-state index contributed by atoms with van der Waals surface area (Å²) in [6, 6.07) is 3.42. The normalized spacial score (nSPS) is 16.9. The lowest BCUT2D eigenvalue weighted by Crippen LogP contribution is -2.41. The number of alkyl halides is 6. The van der Waals surface area contributed by atoms with Gasteiger partial charge in [0, 0.05) is 24.0 Å². The molecule has 0 saturated heterocycles. The van der Waals surface area contributed by atoms with Crippen LogP contribution in [0.25, 0.3) is 11.0 Å². The first kappa shape index (κ1) is 24.9. The second-order valence-electron chi connectivity index (χ2n) is 9.04. The van der Waals surface area contributed by atoms with Gasteiger partial charge in [0.25, 0.3) is 5.91 Å². The average molecular weight is 528 g/mol. The van der Waals surface area contributed by atoms with Gasteiger partial charge in [0.1, 0.15) is 23.0 Å². The van der Waals surface area contributed by atoms with Crippen molar-refractivity contribution in [2.45, 2.75) is 44.3 Å². The zero-order valence-corrected chi connectivity index (χ0v) is 19.2. The summed E-state index contributed by atoms with van der Waals surface area (Å²) in [7, 11) is 0. The quantitative estimate of drug-likeness (QED) is 0.354. The van der Waals surface area contributed by atoms with Crippen LogP contribution in [0.4, 0.5) is 26.3 Å². The summed E-state index contributed by atoms with van der Waals surface area (Å²) < 4.78 is 92.7. The van der Waals surface area contributed by atoms with E-state index in [1.54, 1.807) is 0 Å². The number of halogens is 6. The van der Waals surface area contributed by atoms with Crippen LogP contribution in [-0.2, 0) is 24.4 Å². The summed E-state index contributed by atoms with van der Waals surface area (Å²) in [5, 5.41) is 10.2. The molecule has 1 aromatic carbocycles. The third-order valence-corrected chi connectivity index (χ3v) is 5.94. The van der Waals surface area contributed by atoms with Crippen molar-refractivity contribution in [1.29, 1.82) is 0 Å². The lowest BCUT2D eigenvalue weighted by atomic mass is 9.99. The van der Waals surface area contributed by atoms with E-state index in [4.69, 9.17) is 8.83 Å². The molecule has 37 heavy (non-hydrogen) atoms. The number of aliphatic hydroxyl groups is 1. The molecule has 14 heteroatoms. The fraction of sp³-hybridized carbons (Fsp3) is 0.348. The minimum Gasteiger partial charge on any atom is -0.458 e. The van der Waals surface area contributed by atoms with Gasteiger partial charge >= 0.3 is 12.4 Å². The van der Waals surface area contributed by atoms with Crippen molar-refractivity contribution in [3.63, 3.8) is 0 Å². The molecule has 0 spiro atoms. The van der Waals surface area contributed by atoms with Crippen LogP contribution in [-0.4, -0.2) is 37.4 Å². The van der Waals surface area contributed by atoms with Crippen molar-refractivity contribution in [2.24, 2.45) is 0 Å². The van der Waals surface area contributed by atoms with E-state index in [0.717, 1.165) is 24.8 Å². The van der Waals surface area contributed by atoms with Crippen LogP contribution in [0.5, 0.6) is 0 Å². The summed E-state index contributed by atoms with van der Waals surface area (Å²) in [4.78, 5) is 24.8. The molecule has 0 radical (unpaired) electrons. The molecule has 4 heterocycles. The Labute approximate surface area is 203 Å². The molecule has 8 nitrogen and oxygen atoms in total. The highest BCUT2D eigenvalue weighted by atomic mass is 19.4. The Hall–Kier alpha value is -3.81. The number of oxazole rings is 1. The molecular formula is C23H18F6N4O4. The number of para-hydroxylation sites is 1. The van der Waals surface area contributed by atoms with E-state index < -0.39 is 58.4 Å². The van der Waals surface area contributed by atoms with Crippen molar-refractivity contribution < 1.29 is 45.1 Å². The van der Waals surface area contributed by atoms with Crippen LogP contribution in [0.15, 0.2) is 39.4 Å². The molecule has 0 bridgehead atoms. The molecule has 0 fully saturated rings. The van der Waals surface area contributed by atoms with Crippen molar-refractivity contribution in [3.05, 3.63) is 70.6 Å². The first-order chi connectivity index (χ1) is 17.2. The minimum atomic E-state index is -5.10. The second-order valence-corrected chi connectivity index (χ2v) is 9.04. The summed E-state index contributed by atoms with van der Waals surface area (Å²) in [6.07, 6.45) is -8.36. The van der Waals surface area contributed by atoms with Gasteiger partial charge in [-0.15, -0.1) is 0 Å². The number of aromatic amines is 1. The summed E-state index contributed by atoms with van der Waals surface area (Å²) in [5.41, 5.74) is -4.36. The van der Waals surface area contributed by atoms with Crippen LogP contribution in [0.2, 0.25) is 0 Å². The Bertz CT molecular complexity index is 1490. The van der Waals surface area contributed by atoms with Crippen LogP contribution in [0.3, 0.4) is 0 Å². The first-order valence-electron chi connectivity index (χ1n) is 10.9. The largest absolute Gasteiger partial charge is 0.458 e. The fourth-order valence-corrected chi connectivity index (χ4v) is 4.27. The fourth-order valence-electron chi connectivity index (χ4n) is 4.27. The molecule has 1 aliphatic heterocycles. The van der Waals surface area contributed by atoms with Gasteiger partial charge in [-0.05, 0) is 26.0 Å². The summed E-state index contributed by atoms with van der Waals surface area (Å²) in [5.74, 6) is -3.27. The lowest BCUT2D eigenvalue weighted by molar-refractivity contribution is -0.141. The third-order valence-electron chi connectivity index (χ3n) is 5.94. The number of nitrogens with one attached hydrogen (secondary N) is 1. The van der Waals surface area contributed by atoms with E-state index in [2.05, 4.69) is 15.0 Å². The molecule has 3 aromatic heterocycles. The zero-order valence-electron chi connectivity index (χ0n) is 19.2. The van der Waals surface area contributed by atoms with Gasteiger partial charge in [-0.1, -0.05) is 12.1 Å². The van der Waals surface area contributed by atoms with Gasteiger partial charge in [0.05, 0.1) is 17.6 Å². The highest BCUT2D eigenvalue weighted by molar-refractivity contribution is 5.93. The van der Waals surface area contributed by atoms with Crippen LogP contribution in [0.1, 0.15) is 64.7 Å². The molecule has 1 atom stereocenters. The number of nitrogens with zero attached hydrogens (tertiary/aromatic N) is 3. The van der Waals surface area contributed by atoms with Crippen molar-refractivity contribution in [3.8, 4) is 0 Å². The molecule has 0 unspecified atom stereocenters. The van der Waals surface area contributed by atoms with E-state index in [9.17, 15) is 36.2 Å². The number of hydrogen-bond acceptors (Lipinski definition) is 6. The molecular weight excluding hydrogens is 510 g/mol. The number of amides is 1. The predicted octanol–water partition coefficient (Wildman–Crippen LogP) is 5.20. The van der Waals surface area contributed by atoms with E-state index in [-0.39, 0.29) is 29.8 Å². The van der Waals surface area contributed by atoms with Crippen LogP contribution in [0, 0.1) is 0 Å². The standard InChI is InChI=1S/C23H18F6N4O4/c1-21(2,35)20-32-18(23(27,28)29)17(37-20)19(34)33-7-6-12-14(31-9-30-12)15(33)13-8-10-4-3-5-11(16(10)36-13)22(24,25)26/h3-5,8-9,15,35H,6-7H2,1-2H3,(H,30,31)/t15-/m0/s1. The zero-order chi connectivity index (χ0) is 26.9.